The molecular formula is C22H15FN2O4. The minimum atomic E-state index is -0.533. The van der Waals surface area contributed by atoms with Crippen LogP contribution in [0.1, 0.15) is 24.5 Å². The van der Waals surface area contributed by atoms with Gasteiger partial charge >= 0.3 is 0 Å². The largest absolute Gasteiger partial charge is 0.457 e. The summed E-state index contributed by atoms with van der Waals surface area (Å²) in [5.74, 6) is -0.360. The van der Waals surface area contributed by atoms with Crippen molar-refractivity contribution in [1.82, 2.24) is 10.5 Å². The second-order valence-electron chi connectivity index (χ2n) is 6.95. The topological polar surface area (TPSA) is 81.4 Å². The van der Waals surface area contributed by atoms with E-state index in [1.807, 2.05) is 18.2 Å². The maximum absolute atomic E-state index is 13.1. The number of nitrogens with zero attached hydrogens (tertiary/aromatic N) is 1. The number of ether oxygens (including phenoxy) is 1. The van der Waals surface area contributed by atoms with E-state index in [0.717, 1.165) is 16.2 Å². The molecule has 1 saturated heterocycles. The predicted octanol–water partition coefficient (Wildman–Crippen LogP) is 4.43. The van der Waals surface area contributed by atoms with Gasteiger partial charge in [-0.05, 0) is 65.7 Å². The first-order valence-corrected chi connectivity index (χ1v) is 9.18. The van der Waals surface area contributed by atoms with E-state index in [-0.39, 0.29) is 24.1 Å². The van der Waals surface area contributed by atoms with Crippen molar-refractivity contribution in [3.8, 4) is 11.5 Å². The second-order valence-corrected chi connectivity index (χ2v) is 6.95. The Bertz CT molecular complexity index is 1260. The van der Waals surface area contributed by atoms with Crippen molar-refractivity contribution in [2.45, 2.75) is 18.8 Å². The summed E-state index contributed by atoms with van der Waals surface area (Å²) in [7, 11) is 0. The fourth-order valence-corrected chi connectivity index (χ4v) is 3.67. The van der Waals surface area contributed by atoms with Crippen LogP contribution in [-0.4, -0.2) is 17.0 Å². The molecule has 5 rings (SSSR count). The number of nitrogens with one attached hydrogen (secondary N) is 1. The molecule has 29 heavy (non-hydrogen) atoms. The van der Waals surface area contributed by atoms with E-state index in [1.165, 1.54) is 12.1 Å². The Morgan fingerprint density at radius 2 is 1.83 bits per heavy atom. The van der Waals surface area contributed by atoms with E-state index in [4.69, 9.17) is 9.26 Å². The van der Waals surface area contributed by atoms with E-state index < -0.39 is 5.92 Å². The van der Waals surface area contributed by atoms with Crippen molar-refractivity contribution in [1.29, 1.82) is 0 Å². The standard InChI is InChI=1S/C22H15FN2O4/c23-13-2-4-14(5-3-13)28-15-6-7-16-12(11-15)1-9-18-20(16)21(25-29-18)17-8-10-19(26)24-22(17)27/h1-7,9,11,17H,8,10H2,(H,24,26,27). The fourth-order valence-electron chi connectivity index (χ4n) is 3.67. The summed E-state index contributed by atoms with van der Waals surface area (Å²) in [4.78, 5) is 23.8. The number of piperidine rings is 1. The number of hydrogen-bond acceptors (Lipinski definition) is 5. The van der Waals surface area contributed by atoms with Crippen molar-refractivity contribution < 1.29 is 23.2 Å². The highest BCUT2D eigenvalue weighted by Crippen LogP contribution is 2.36. The molecule has 4 aromatic rings. The number of hydrogen-bond donors (Lipinski definition) is 1. The number of benzene rings is 3. The van der Waals surface area contributed by atoms with E-state index in [1.54, 1.807) is 24.3 Å². The molecule has 2 heterocycles. The highest BCUT2D eigenvalue weighted by atomic mass is 19.1. The first-order valence-electron chi connectivity index (χ1n) is 9.18. The minimum absolute atomic E-state index is 0.269. The van der Waals surface area contributed by atoms with Gasteiger partial charge in [0.1, 0.15) is 23.0 Å². The van der Waals surface area contributed by atoms with Crippen LogP contribution in [0.5, 0.6) is 11.5 Å². The van der Waals surface area contributed by atoms with Crippen LogP contribution in [0.3, 0.4) is 0 Å². The molecule has 1 atom stereocenters. The zero-order chi connectivity index (χ0) is 20.0. The van der Waals surface area contributed by atoms with Gasteiger partial charge in [0, 0.05) is 6.42 Å². The first kappa shape index (κ1) is 17.4. The Morgan fingerprint density at radius 1 is 1.03 bits per heavy atom. The monoisotopic (exact) mass is 390 g/mol. The zero-order valence-corrected chi connectivity index (χ0v) is 15.1. The zero-order valence-electron chi connectivity index (χ0n) is 15.1. The highest BCUT2D eigenvalue weighted by Gasteiger charge is 2.32. The van der Waals surface area contributed by atoms with Gasteiger partial charge in [0.05, 0.1) is 11.3 Å². The summed E-state index contributed by atoms with van der Waals surface area (Å²) in [6.45, 7) is 0. The van der Waals surface area contributed by atoms with E-state index in [2.05, 4.69) is 10.5 Å². The lowest BCUT2D eigenvalue weighted by atomic mass is 9.91. The second kappa shape index (κ2) is 6.70. The van der Waals surface area contributed by atoms with Crippen LogP contribution in [0.2, 0.25) is 0 Å². The van der Waals surface area contributed by atoms with Crippen molar-refractivity contribution in [2.24, 2.45) is 0 Å². The van der Waals surface area contributed by atoms with Crippen LogP contribution in [0.4, 0.5) is 4.39 Å². The summed E-state index contributed by atoms with van der Waals surface area (Å²) in [5, 5.41) is 9.00. The van der Waals surface area contributed by atoms with Crippen molar-refractivity contribution in [2.75, 3.05) is 0 Å². The van der Waals surface area contributed by atoms with E-state index >= 15 is 0 Å². The number of halogens is 1. The van der Waals surface area contributed by atoms with Crippen LogP contribution >= 0.6 is 0 Å². The third-order valence-corrected chi connectivity index (χ3v) is 5.07. The predicted molar refractivity (Wildman–Crippen MR) is 103 cm³/mol. The number of carbonyl (C=O) groups is 2. The number of aromatic nitrogens is 1. The lowest BCUT2D eigenvalue weighted by molar-refractivity contribution is -0.134. The van der Waals surface area contributed by atoms with Gasteiger partial charge in [-0.25, -0.2) is 4.39 Å². The van der Waals surface area contributed by atoms with Gasteiger partial charge in [-0.3, -0.25) is 14.9 Å². The van der Waals surface area contributed by atoms with Gasteiger partial charge in [0.25, 0.3) is 0 Å². The van der Waals surface area contributed by atoms with Crippen molar-refractivity contribution >= 4 is 33.6 Å². The molecule has 0 aliphatic carbocycles. The average molecular weight is 390 g/mol. The summed E-state index contributed by atoms with van der Waals surface area (Å²) in [6, 6.07) is 15.0. The molecule has 1 aliphatic rings. The Balaban J connectivity index is 1.56. The number of carbonyl (C=O) groups excluding carboxylic acids is 2. The molecule has 1 fully saturated rings. The van der Waals surface area contributed by atoms with Crippen LogP contribution in [0.25, 0.3) is 21.7 Å². The maximum atomic E-state index is 13.1. The smallest absolute Gasteiger partial charge is 0.235 e. The molecule has 1 unspecified atom stereocenters. The number of imide groups is 1. The Morgan fingerprint density at radius 3 is 2.62 bits per heavy atom. The quantitative estimate of drug-likeness (QED) is 0.523. The number of fused-ring (bicyclic) bond motifs is 3. The molecule has 7 heteroatoms. The van der Waals surface area contributed by atoms with Gasteiger partial charge in [-0.1, -0.05) is 11.2 Å². The van der Waals surface area contributed by atoms with E-state index in [9.17, 15) is 14.0 Å². The SMILES string of the molecule is O=C1CCC(c2noc3ccc4cc(Oc5ccc(F)cc5)ccc4c23)C(=O)N1. The third-order valence-electron chi connectivity index (χ3n) is 5.07. The van der Waals surface area contributed by atoms with Crippen LogP contribution < -0.4 is 10.1 Å². The Hall–Kier alpha value is -3.74. The lowest BCUT2D eigenvalue weighted by Gasteiger charge is -2.19. The molecular weight excluding hydrogens is 375 g/mol. The molecule has 0 radical (unpaired) electrons. The molecule has 1 aromatic heterocycles. The van der Waals surface area contributed by atoms with Gasteiger partial charge in [-0.2, -0.15) is 0 Å². The molecule has 3 aromatic carbocycles. The minimum Gasteiger partial charge on any atom is -0.457 e. The van der Waals surface area contributed by atoms with Gasteiger partial charge < -0.3 is 9.26 Å². The summed E-state index contributed by atoms with van der Waals surface area (Å²) >= 11 is 0. The molecule has 1 aliphatic heterocycles. The number of amides is 2. The van der Waals surface area contributed by atoms with Crippen LogP contribution in [0.15, 0.2) is 59.1 Å². The van der Waals surface area contributed by atoms with Crippen LogP contribution in [0, 0.1) is 5.82 Å². The third kappa shape index (κ3) is 3.10. The molecule has 0 saturated carbocycles. The Kier molecular flexibility index (Phi) is 4.01. The number of rotatable bonds is 3. The summed E-state index contributed by atoms with van der Waals surface area (Å²) in [5.41, 5.74) is 1.10. The van der Waals surface area contributed by atoms with E-state index in [0.29, 0.717) is 29.2 Å². The molecule has 2 amide bonds. The van der Waals surface area contributed by atoms with Crippen LogP contribution in [-0.2, 0) is 9.59 Å². The van der Waals surface area contributed by atoms with Crippen molar-refractivity contribution in [3.63, 3.8) is 0 Å². The molecule has 144 valence electrons. The molecule has 6 nitrogen and oxygen atoms in total. The summed E-state index contributed by atoms with van der Waals surface area (Å²) < 4.78 is 24.3. The lowest BCUT2D eigenvalue weighted by Crippen LogP contribution is -2.39. The fraction of sp³-hybridized carbons (Fsp3) is 0.136. The summed E-state index contributed by atoms with van der Waals surface area (Å²) in [6.07, 6.45) is 0.666. The van der Waals surface area contributed by atoms with Gasteiger partial charge in [0.15, 0.2) is 5.58 Å². The Labute approximate surface area is 164 Å². The molecule has 1 N–H and O–H groups in total. The van der Waals surface area contributed by atoms with Crippen molar-refractivity contribution in [3.05, 3.63) is 66.1 Å². The normalized spacial score (nSPS) is 16.9. The first-order chi connectivity index (χ1) is 14.1. The molecule has 0 spiro atoms. The maximum Gasteiger partial charge on any atom is 0.235 e. The highest BCUT2D eigenvalue weighted by molar-refractivity contribution is 6.10. The average Bonchev–Trinajstić information content (AvgIpc) is 3.14. The molecule has 0 bridgehead atoms. The van der Waals surface area contributed by atoms with Gasteiger partial charge in [0.2, 0.25) is 11.8 Å². The van der Waals surface area contributed by atoms with Gasteiger partial charge in [-0.15, -0.1) is 0 Å².